The zero-order chi connectivity index (χ0) is 23.1. The Hall–Kier alpha value is -2.89. The van der Waals surface area contributed by atoms with Gasteiger partial charge in [-0.25, -0.2) is 0 Å². The van der Waals surface area contributed by atoms with Crippen LogP contribution in [0.3, 0.4) is 0 Å². The molecule has 0 aliphatic rings. The normalized spacial score (nSPS) is 10.5. The molecule has 7 heteroatoms. The summed E-state index contributed by atoms with van der Waals surface area (Å²) in [5, 5.41) is 7.45. The Morgan fingerprint density at radius 3 is 2.16 bits per heavy atom. The van der Waals surface area contributed by atoms with Crippen LogP contribution in [0.4, 0.5) is 11.4 Å². The molecule has 0 fully saturated rings. The predicted molar refractivity (Wildman–Crippen MR) is 131 cm³/mol. The lowest BCUT2D eigenvalue weighted by Crippen LogP contribution is -2.20. The number of rotatable bonds is 9. The molecule has 0 saturated carbocycles. The summed E-state index contributed by atoms with van der Waals surface area (Å²) in [5.41, 5.74) is 4.55. The number of aryl methyl sites for hydroxylation is 2. The largest absolute Gasteiger partial charge is 0.490 e. The number of hydrogen-bond donors (Lipinski definition) is 2. The number of halogens is 2. The first-order chi connectivity index (χ1) is 15.4. The Bertz CT molecular complexity index is 1100. The zero-order valence-electron chi connectivity index (χ0n) is 18.3. The standard InChI is InChI=1S/C25H26Cl2N2O3/c1-4-31-24-11-18(14-28-19-8-5-16(2)21(26)12-19)7-10-23(24)32-15-25(30)29-20-9-6-17(3)22(27)13-20/h5-13,28H,4,14-15H2,1-3H3,(H,29,30). The number of carbonyl (C=O) groups excluding carboxylic acids is 1. The summed E-state index contributed by atoms with van der Waals surface area (Å²) in [6.45, 7) is 6.70. The van der Waals surface area contributed by atoms with Crippen LogP contribution in [0.2, 0.25) is 10.0 Å². The second-order valence-corrected chi connectivity index (χ2v) is 8.15. The number of hydrogen-bond acceptors (Lipinski definition) is 4. The maximum atomic E-state index is 12.3. The molecule has 0 unspecified atom stereocenters. The van der Waals surface area contributed by atoms with Gasteiger partial charge in [0.15, 0.2) is 18.1 Å². The summed E-state index contributed by atoms with van der Waals surface area (Å²) < 4.78 is 11.4. The molecule has 5 nitrogen and oxygen atoms in total. The van der Waals surface area contributed by atoms with E-state index in [1.807, 2.05) is 57.2 Å². The molecule has 0 aliphatic carbocycles. The molecule has 2 N–H and O–H groups in total. The molecule has 0 bridgehead atoms. The fourth-order valence-corrected chi connectivity index (χ4v) is 3.33. The van der Waals surface area contributed by atoms with Crippen molar-refractivity contribution in [2.75, 3.05) is 23.8 Å². The maximum Gasteiger partial charge on any atom is 0.262 e. The average Bonchev–Trinajstić information content (AvgIpc) is 2.76. The minimum absolute atomic E-state index is 0.148. The monoisotopic (exact) mass is 472 g/mol. The number of anilines is 2. The quantitative estimate of drug-likeness (QED) is 0.366. The molecule has 0 heterocycles. The van der Waals surface area contributed by atoms with Crippen LogP contribution in [0.15, 0.2) is 54.6 Å². The van der Waals surface area contributed by atoms with E-state index in [0.29, 0.717) is 35.4 Å². The third-order valence-corrected chi connectivity index (χ3v) is 5.61. The molecular formula is C25H26Cl2N2O3. The van der Waals surface area contributed by atoms with Crippen molar-refractivity contribution >= 4 is 40.5 Å². The Morgan fingerprint density at radius 1 is 0.844 bits per heavy atom. The lowest BCUT2D eigenvalue weighted by molar-refractivity contribution is -0.118. The molecular weight excluding hydrogens is 447 g/mol. The maximum absolute atomic E-state index is 12.3. The van der Waals surface area contributed by atoms with E-state index < -0.39 is 0 Å². The zero-order valence-corrected chi connectivity index (χ0v) is 19.8. The average molecular weight is 473 g/mol. The van der Waals surface area contributed by atoms with Crippen molar-refractivity contribution in [1.82, 2.24) is 0 Å². The van der Waals surface area contributed by atoms with Crippen molar-refractivity contribution in [1.29, 1.82) is 0 Å². The van der Waals surface area contributed by atoms with Crippen LogP contribution in [0.5, 0.6) is 11.5 Å². The Kier molecular flexibility index (Phi) is 8.26. The van der Waals surface area contributed by atoms with E-state index in [-0.39, 0.29) is 12.5 Å². The van der Waals surface area contributed by atoms with Gasteiger partial charge in [-0.2, -0.15) is 0 Å². The molecule has 0 atom stereocenters. The Morgan fingerprint density at radius 2 is 1.50 bits per heavy atom. The number of amides is 1. The van der Waals surface area contributed by atoms with Crippen LogP contribution >= 0.6 is 23.2 Å². The third kappa shape index (κ3) is 6.55. The fraction of sp³-hybridized carbons (Fsp3) is 0.240. The van der Waals surface area contributed by atoms with Crippen LogP contribution in [0.1, 0.15) is 23.6 Å². The Labute approximate surface area is 198 Å². The summed E-state index contributed by atoms with van der Waals surface area (Å²) in [5.74, 6) is 0.806. The van der Waals surface area contributed by atoms with Gasteiger partial charge < -0.3 is 20.1 Å². The SMILES string of the molecule is CCOc1cc(CNc2ccc(C)c(Cl)c2)ccc1OCC(=O)Nc1ccc(C)c(Cl)c1. The van der Waals surface area contributed by atoms with E-state index in [1.165, 1.54) is 0 Å². The lowest BCUT2D eigenvalue weighted by Gasteiger charge is -2.14. The highest BCUT2D eigenvalue weighted by Crippen LogP contribution is 2.29. The second-order valence-electron chi connectivity index (χ2n) is 7.33. The summed E-state index contributed by atoms with van der Waals surface area (Å²) in [6, 6.07) is 16.9. The van der Waals surface area contributed by atoms with Gasteiger partial charge in [0.05, 0.1) is 6.61 Å². The van der Waals surface area contributed by atoms with E-state index in [0.717, 1.165) is 27.4 Å². The van der Waals surface area contributed by atoms with E-state index in [4.69, 9.17) is 32.7 Å². The molecule has 1 amide bonds. The summed E-state index contributed by atoms with van der Waals surface area (Å²) in [4.78, 5) is 12.3. The van der Waals surface area contributed by atoms with Crippen molar-refractivity contribution in [3.05, 3.63) is 81.3 Å². The molecule has 0 spiro atoms. The van der Waals surface area contributed by atoms with E-state index in [9.17, 15) is 4.79 Å². The van der Waals surface area contributed by atoms with Gasteiger partial charge in [-0.1, -0.05) is 41.4 Å². The van der Waals surface area contributed by atoms with Crippen LogP contribution in [0.25, 0.3) is 0 Å². The van der Waals surface area contributed by atoms with Crippen LogP contribution in [0, 0.1) is 13.8 Å². The molecule has 32 heavy (non-hydrogen) atoms. The molecule has 168 valence electrons. The minimum Gasteiger partial charge on any atom is -0.490 e. The first-order valence-corrected chi connectivity index (χ1v) is 11.1. The van der Waals surface area contributed by atoms with Crippen LogP contribution in [-0.2, 0) is 11.3 Å². The predicted octanol–water partition coefficient (Wildman–Crippen LogP) is 6.64. The number of carbonyl (C=O) groups is 1. The highest BCUT2D eigenvalue weighted by molar-refractivity contribution is 6.32. The van der Waals surface area contributed by atoms with Gasteiger partial charge in [0.25, 0.3) is 5.91 Å². The number of nitrogens with one attached hydrogen (secondary N) is 2. The van der Waals surface area contributed by atoms with E-state index in [1.54, 1.807) is 18.2 Å². The minimum atomic E-state index is -0.283. The van der Waals surface area contributed by atoms with Gasteiger partial charge in [-0.15, -0.1) is 0 Å². The third-order valence-electron chi connectivity index (χ3n) is 4.79. The Balaban J connectivity index is 1.61. The molecule has 0 aromatic heterocycles. The van der Waals surface area contributed by atoms with Crippen molar-refractivity contribution in [3.8, 4) is 11.5 Å². The van der Waals surface area contributed by atoms with Crippen LogP contribution in [-0.4, -0.2) is 19.1 Å². The van der Waals surface area contributed by atoms with Crippen molar-refractivity contribution in [3.63, 3.8) is 0 Å². The number of ether oxygens (including phenoxy) is 2. The molecule has 3 aromatic rings. The van der Waals surface area contributed by atoms with Gasteiger partial charge in [-0.3, -0.25) is 4.79 Å². The molecule has 3 rings (SSSR count). The molecule has 0 saturated heterocycles. The second kappa shape index (κ2) is 11.1. The van der Waals surface area contributed by atoms with Crippen molar-refractivity contribution in [2.24, 2.45) is 0 Å². The van der Waals surface area contributed by atoms with Gasteiger partial charge >= 0.3 is 0 Å². The van der Waals surface area contributed by atoms with Gasteiger partial charge in [0, 0.05) is 28.0 Å². The smallest absolute Gasteiger partial charge is 0.262 e. The first-order valence-electron chi connectivity index (χ1n) is 10.3. The highest BCUT2D eigenvalue weighted by Gasteiger charge is 2.10. The van der Waals surface area contributed by atoms with Crippen molar-refractivity contribution in [2.45, 2.75) is 27.3 Å². The summed E-state index contributed by atoms with van der Waals surface area (Å²) in [6.07, 6.45) is 0. The summed E-state index contributed by atoms with van der Waals surface area (Å²) in [7, 11) is 0. The van der Waals surface area contributed by atoms with E-state index >= 15 is 0 Å². The van der Waals surface area contributed by atoms with E-state index in [2.05, 4.69) is 10.6 Å². The van der Waals surface area contributed by atoms with Crippen molar-refractivity contribution < 1.29 is 14.3 Å². The lowest BCUT2D eigenvalue weighted by atomic mass is 10.2. The van der Waals surface area contributed by atoms with Gasteiger partial charge in [-0.05, 0) is 73.9 Å². The first kappa shape index (κ1) is 23.8. The highest BCUT2D eigenvalue weighted by atomic mass is 35.5. The van der Waals surface area contributed by atoms with Crippen LogP contribution < -0.4 is 20.1 Å². The van der Waals surface area contributed by atoms with Gasteiger partial charge in [0.2, 0.25) is 0 Å². The fourth-order valence-electron chi connectivity index (χ4n) is 2.97. The molecule has 0 radical (unpaired) electrons. The molecule has 0 aliphatic heterocycles. The topological polar surface area (TPSA) is 59.6 Å². The number of benzene rings is 3. The summed E-state index contributed by atoms with van der Waals surface area (Å²) >= 11 is 12.3. The molecule has 3 aromatic carbocycles. The van der Waals surface area contributed by atoms with Gasteiger partial charge in [0.1, 0.15) is 0 Å².